The first-order valence-corrected chi connectivity index (χ1v) is 12.8. The van der Waals surface area contributed by atoms with Crippen LogP contribution in [0.4, 0.5) is 0 Å². The fraction of sp³-hybridized carbons (Fsp3) is 0.667. The van der Waals surface area contributed by atoms with Crippen LogP contribution in [0.25, 0.3) is 0 Å². The molecule has 0 bridgehead atoms. The van der Waals surface area contributed by atoms with E-state index < -0.39 is 0 Å². The van der Waals surface area contributed by atoms with Crippen molar-refractivity contribution in [2.24, 2.45) is 4.99 Å². The molecule has 1 aromatic carbocycles. The fourth-order valence-electron chi connectivity index (χ4n) is 4.66. The molecular formula is C24H40IN5OS. The predicted molar refractivity (Wildman–Crippen MR) is 148 cm³/mol. The second kappa shape index (κ2) is 13.6. The van der Waals surface area contributed by atoms with Crippen molar-refractivity contribution in [3.8, 4) is 0 Å². The molecule has 1 amide bonds. The number of nitrogens with one attached hydrogen (secondary N) is 2. The minimum atomic E-state index is 0. The number of halogens is 1. The van der Waals surface area contributed by atoms with Crippen LogP contribution in [0.3, 0.4) is 0 Å². The quantitative estimate of drug-likeness (QED) is 0.284. The van der Waals surface area contributed by atoms with Gasteiger partial charge in [-0.1, -0.05) is 25.0 Å². The molecule has 0 spiro atoms. The SMILES string of the molecule is CCNC(=NCC1(N2CCSCC2)CCCC1)NCCc1cccc(C(=O)N(C)C)c1.I. The third-order valence-corrected chi connectivity index (χ3v) is 7.32. The summed E-state index contributed by atoms with van der Waals surface area (Å²) in [4.78, 5) is 21.6. The van der Waals surface area contributed by atoms with Gasteiger partial charge in [-0.05, 0) is 43.9 Å². The minimum absolute atomic E-state index is 0. The molecule has 3 rings (SSSR count). The lowest BCUT2D eigenvalue weighted by molar-refractivity contribution is 0.0827. The Balaban J connectivity index is 0.00000363. The van der Waals surface area contributed by atoms with Gasteiger partial charge in [-0.3, -0.25) is 14.7 Å². The molecule has 2 N–H and O–H groups in total. The van der Waals surface area contributed by atoms with E-state index in [-0.39, 0.29) is 35.4 Å². The highest BCUT2D eigenvalue weighted by atomic mass is 127. The number of rotatable bonds is 8. The summed E-state index contributed by atoms with van der Waals surface area (Å²) in [5.41, 5.74) is 2.16. The van der Waals surface area contributed by atoms with Crippen LogP contribution >= 0.6 is 35.7 Å². The number of carbonyl (C=O) groups excluding carboxylic acids is 1. The van der Waals surface area contributed by atoms with Gasteiger partial charge >= 0.3 is 0 Å². The van der Waals surface area contributed by atoms with Crippen LogP contribution in [0.5, 0.6) is 0 Å². The molecule has 1 saturated heterocycles. The van der Waals surface area contributed by atoms with Crippen molar-refractivity contribution in [1.82, 2.24) is 20.4 Å². The van der Waals surface area contributed by atoms with E-state index in [0.717, 1.165) is 43.1 Å². The molecule has 1 aliphatic heterocycles. The molecule has 6 nitrogen and oxygen atoms in total. The Morgan fingerprint density at radius 3 is 2.56 bits per heavy atom. The van der Waals surface area contributed by atoms with Gasteiger partial charge in [0.05, 0.1) is 6.54 Å². The Morgan fingerprint density at radius 1 is 1.19 bits per heavy atom. The van der Waals surface area contributed by atoms with E-state index in [1.165, 1.54) is 50.3 Å². The zero-order valence-electron chi connectivity index (χ0n) is 19.9. The van der Waals surface area contributed by atoms with Crippen LogP contribution in [-0.4, -0.2) is 85.5 Å². The third kappa shape index (κ3) is 7.52. The highest BCUT2D eigenvalue weighted by Gasteiger charge is 2.39. The summed E-state index contributed by atoms with van der Waals surface area (Å²) < 4.78 is 0. The Morgan fingerprint density at radius 2 is 1.91 bits per heavy atom. The Hall–Kier alpha value is -1.00. The van der Waals surface area contributed by atoms with E-state index in [4.69, 9.17) is 4.99 Å². The molecular weight excluding hydrogens is 533 g/mol. The van der Waals surface area contributed by atoms with Crippen LogP contribution in [0.1, 0.15) is 48.5 Å². The summed E-state index contributed by atoms with van der Waals surface area (Å²) >= 11 is 2.08. The first kappa shape index (κ1) is 27.2. The molecule has 0 aromatic heterocycles. The lowest BCUT2D eigenvalue weighted by Gasteiger charge is -2.42. The molecule has 8 heteroatoms. The van der Waals surface area contributed by atoms with Crippen molar-refractivity contribution in [3.05, 3.63) is 35.4 Å². The Kier molecular flexibility index (Phi) is 11.6. The zero-order chi connectivity index (χ0) is 22.1. The van der Waals surface area contributed by atoms with Gasteiger partial charge in [0.1, 0.15) is 0 Å². The lowest BCUT2D eigenvalue weighted by atomic mass is 9.95. The van der Waals surface area contributed by atoms with Gasteiger partial charge in [0, 0.05) is 62.9 Å². The Bertz CT molecular complexity index is 746. The fourth-order valence-corrected chi connectivity index (χ4v) is 5.56. The van der Waals surface area contributed by atoms with Crippen LogP contribution in [0.2, 0.25) is 0 Å². The molecule has 1 aliphatic carbocycles. The molecule has 1 saturated carbocycles. The average molecular weight is 574 g/mol. The van der Waals surface area contributed by atoms with Gasteiger partial charge in [0.15, 0.2) is 5.96 Å². The number of benzene rings is 1. The first-order chi connectivity index (χ1) is 15.0. The van der Waals surface area contributed by atoms with Crippen molar-refractivity contribution in [2.75, 3.05) is 58.3 Å². The van der Waals surface area contributed by atoms with Gasteiger partial charge in [-0.15, -0.1) is 24.0 Å². The second-order valence-electron chi connectivity index (χ2n) is 8.80. The second-order valence-corrected chi connectivity index (χ2v) is 10.0. The van der Waals surface area contributed by atoms with Crippen LogP contribution in [0.15, 0.2) is 29.3 Å². The highest BCUT2D eigenvalue weighted by molar-refractivity contribution is 14.0. The molecule has 1 heterocycles. The van der Waals surface area contributed by atoms with E-state index in [9.17, 15) is 4.79 Å². The topological polar surface area (TPSA) is 60.0 Å². The smallest absolute Gasteiger partial charge is 0.253 e. The maximum absolute atomic E-state index is 12.2. The minimum Gasteiger partial charge on any atom is -0.357 e. The molecule has 180 valence electrons. The van der Waals surface area contributed by atoms with Gasteiger partial charge in [0.25, 0.3) is 5.91 Å². The summed E-state index contributed by atoms with van der Waals surface area (Å²) in [6.45, 7) is 7.03. The summed E-state index contributed by atoms with van der Waals surface area (Å²) in [6, 6.07) is 7.92. The molecule has 2 aliphatic rings. The normalized spacial score (nSPS) is 18.7. The molecule has 0 atom stereocenters. The first-order valence-electron chi connectivity index (χ1n) is 11.7. The van der Waals surface area contributed by atoms with E-state index in [2.05, 4.69) is 40.3 Å². The maximum atomic E-state index is 12.2. The number of amides is 1. The number of thioether (sulfide) groups is 1. The average Bonchev–Trinajstić information content (AvgIpc) is 3.28. The van der Waals surface area contributed by atoms with Gasteiger partial charge in [-0.2, -0.15) is 11.8 Å². The number of hydrogen-bond acceptors (Lipinski definition) is 4. The van der Waals surface area contributed by atoms with Gasteiger partial charge < -0.3 is 15.5 Å². The molecule has 32 heavy (non-hydrogen) atoms. The van der Waals surface area contributed by atoms with Crippen LogP contribution in [0, 0.1) is 0 Å². The van der Waals surface area contributed by atoms with Gasteiger partial charge in [-0.25, -0.2) is 0 Å². The molecule has 2 fully saturated rings. The number of hydrogen-bond donors (Lipinski definition) is 2. The largest absolute Gasteiger partial charge is 0.357 e. The summed E-state index contributed by atoms with van der Waals surface area (Å²) in [6.07, 6.45) is 6.05. The van der Waals surface area contributed by atoms with E-state index in [1.54, 1.807) is 19.0 Å². The van der Waals surface area contributed by atoms with Crippen molar-refractivity contribution < 1.29 is 4.79 Å². The summed E-state index contributed by atoms with van der Waals surface area (Å²) in [5, 5.41) is 6.92. The number of guanidine groups is 1. The zero-order valence-corrected chi connectivity index (χ0v) is 23.0. The molecule has 0 unspecified atom stereocenters. The van der Waals surface area contributed by atoms with E-state index in [0.29, 0.717) is 0 Å². The van der Waals surface area contributed by atoms with Crippen molar-refractivity contribution in [2.45, 2.75) is 44.6 Å². The Labute approximate surface area is 215 Å². The van der Waals surface area contributed by atoms with Crippen LogP contribution < -0.4 is 10.6 Å². The van der Waals surface area contributed by atoms with Crippen LogP contribution in [-0.2, 0) is 6.42 Å². The van der Waals surface area contributed by atoms with Crippen molar-refractivity contribution in [3.63, 3.8) is 0 Å². The van der Waals surface area contributed by atoms with Crippen molar-refractivity contribution >= 4 is 47.6 Å². The monoisotopic (exact) mass is 573 g/mol. The van der Waals surface area contributed by atoms with Gasteiger partial charge in [0.2, 0.25) is 0 Å². The molecule has 0 radical (unpaired) electrons. The number of carbonyl (C=O) groups is 1. The summed E-state index contributed by atoms with van der Waals surface area (Å²) in [7, 11) is 3.57. The molecule has 1 aromatic rings. The summed E-state index contributed by atoms with van der Waals surface area (Å²) in [5.74, 6) is 3.45. The van der Waals surface area contributed by atoms with E-state index in [1.807, 2.05) is 18.2 Å². The van der Waals surface area contributed by atoms with E-state index >= 15 is 0 Å². The predicted octanol–water partition coefficient (Wildman–Crippen LogP) is 3.47. The highest BCUT2D eigenvalue weighted by Crippen LogP contribution is 2.37. The number of aliphatic imine (C=N–C) groups is 1. The number of nitrogens with zero attached hydrogens (tertiary/aromatic N) is 3. The lowest BCUT2D eigenvalue weighted by Crippen LogP contribution is -2.53. The maximum Gasteiger partial charge on any atom is 0.253 e. The van der Waals surface area contributed by atoms with Crippen molar-refractivity contribution in [1.29, 1.82) is 0 Å². The standard InChI is InChI=1S/C24H39N5OS.HI/c1-4-25-23(26-13-10-20-8-7-9-21(18-20)22(30)28(2)3)27-19-24(11-5-6-12-24)29-14-16-31-17-15-29;/h7-9,18H,4-6,10-17,19H2,1-3H3,(H2,25,26,27);1H. The third-order valence-electron chi connectivity index (χ3n) is 6.38.